The SMILES string of the molecule is C[C@]12CCC(OCC[N+]3(C)CCCC3)CC1CC[C@@H]1[C@H]2CC[C@]2(C)C(c3ccoc3)CC[C@@]12O. The van der Waals surface area contributed by atoms with E-state index in [1.807, 2.05) is 12.5 Å². The summed E-state index contributed by atoms with van der Waals surface area (Å²) in [6, 6.07) is 2.14. The molecular formula is C30H48NO3+. The Morgan fingerprint density at radius 3 is 2.62 bits per heavy atom. The summed E-state index contributed by atoms with van der Waals surface area (Å²) in [5.41, 5.74) is 1.14. The molecular weight excluding hydrogens is 422 g/mol. The Bertz CT molecular complexity index is 862. The number of nitrogens with zero attached hydrogens (tertiary/aromatic N) is 1. The molecule has 4 nitrogen and oxygen atoms in total. The molecule has 6 rings (SSSR count). The Balaban J connectivity index is 1.13. The van der Waals surface area contributed by atoms with Crippen molar-refractivity contribution in [3.8, 4) is 0 Å². The molecule has 4 saturated carbocycles. The van der Waals surface area contributed by atoms with Crippen LogP contribution in [-0.2, 0) is 4.74 Å². The van der Waals surface area contributed by atoms with Crippen LogP contribution in [0.2, 0.25) is 0 Å². The summed E-state index contributed by atoms with van der Waals surface area (Å²) in [7, 11) is 2.41. The quantitative estimate of drug-likeness (QED) is 0.525. The van der Waals surface area contributed by atoms with Gasteiger partial charge in [-0.3, -0.25) is 0 Å². The van der Waals surface area contributed by atoms with Crippen LogP contribution in [0.3, 0.4) is 0 Å². The van der Waals surface area contributed by atoms with Crippen LogP contribution in [0.15, 0.2) is 23.0 Å². The topological polar surface area (TPSA) is 42.6 Å². The molecule has 0 spiro atoms. The van der Waals surface area contributed by atoms with Crippen molar-refractivity contribution in [2.24, 2.45) is 28.6 Å². The zero-order valence-corrected chi connectivity index (χ0v) is 21.9. The first-order valence-electron chi connectivity index (χ1n) is 14.5. The summed E-state index contributed by atoms with van der Waals surface area (Å²) in [5.74, 6) is 2.33. The van der Waals surface area contributed by atoms with E-state index in [9.17, 15) is 5.11 Å². The Hall–Kier alpha value is -0.840. The van der Waals surface area contributed by atoms with Crippen molar-refractivity contribution in [2.45, 2.75) is 102 Å². The summed E-state index contributed by atoms with van der Waals surface area (Å²) in [6.45, 7) is 9.78. The lowest BCUT2D eigenvalue weighted by atomic mass is 9.43. The van der Waals surface area contributed by atoms with Gasteiger partial charge in [-0.2, -0.15) is 0 Å². The lowest BCUT2D eigenvalue weighted by molar-refractivity contribution is -0.898. The molecule has 8 atom stereocenters. The average Bonchev–Trinajstić information content (AvgIpc) is 3.54. The van der Waals surface area contributed by atoms with E-state index >= 15 is 0 Å². The summed E-state index contributed by atoms with van der Waals surface area (Å²) in [6.07, 6.45) is 17.7. The van der Waals surface area contributed by atoms with Gasteiger partial charge in [0.25, 0.3) is 0 Å². The van der Waals surface area contributed by atoms with E-state index in [-0.39, 0.29) is 5.41 Å². The highest BCUT2D eigenvalue weighted by atomic mass is 16.5. The molecule has 1 aliphatic heterocycles. The van der Waals surface area contributed by atoms with Crippen molar-refractivity contribution in [1.29, 1.82) is 0 Å². The maximum atomic E-state index is 12.4. The molecule has 1 aromatic rings. The maximum Gasteiger partial charge on any atom is 0.102 e. The predicted molar refractivity (Wildman–Crippen MR) is 134 cm³/mol. The minimum absolute atomic E-state index is 0.0177. The third-order valence-corrected chi connectivity index (χ3v) is 12.4. The first kappa shape index (κ1) is 23.6. The van der Waals surface area contributed by atoms with Crippen molar-refractivity contribution in [2.75, 3.05) is 33.3 Å². The summed E-state index contributed by atoms with van der Waals surface area (Å²) >= 11 is 0. The van der Waals surface area contributed by atoms with Crippen molar-refractivity contribution in [1.82, 2.24) is 0 Å². The van der Waals surface area contributed by atoms with E-state index < -0.39 is 5.60 Å². The number of furan rings is 1. The second kappa shape index (κ2) is 8.35. The fourth-order valence-electron chi connectivity index (χ4n) is 10.1. The molecule has 3 unspecified atom stereocenters. The lowest BCUT2D eigenvalue weighted by Gasteiger charge is -2.63. The number of aliphatic hydroxyl groups is 1. The van der Waals surface area contributed by atoms with Crippen molar-refractivity contribution >= 4 is 0 Å². The fraction of sp³-hybridized carbons (Fsp3) is 0.867. The van der Waals surface area contributed by atoms with Crippen LogP contribution in [0.5, 0.6) is 0 Å². The van der Waals surface area contributed by atoms with E-state index in [1.165, 1.54) is 81.0 Å². The molecule has 4 aliphatic carbocycles. The molecule has 0 radical (unpaired) electrons. The first-order chi connectivity index (χ1) is 16.3. The number of quaternary nitrogens is 1. The van der Waals surface area contributed by atoms with E-state index in [0.29, 0.717) is 29.3 Å². The molecule has 5 aliphatic rings. The first-order valence-corrected chi connectivity index (χ1v) is 14.5. The van der Waals surface area contributed by atoms with Crippen LogP contribution in [0.4, 0.5) is 0 Å². The van der Waals surface area contributed by atoms with Crippen LogP contribution in [0.25, 0.3) is 0 Å². The molecule has 190 valence electrons. The Morgan fingerprint density at radius 1 is 1.03 bits per heavy atom. The van der Waals surface area contributed by atoms with E-state index in [0.717, 1.165) is 31.8 Å². The molecule has 1 aromatic heterocycles. The summed E-state index contributed by atoms with van der Waals surface area (Å²) < 4.78 is 13.2. The zero-order chi connectivity index (χ0) is 23.6. The van der Waals surface area contributed by atoms with Gasteiger partial charge in [0.1, 0.15) is 6.54 Å². The van der Waals surface area contributed by atoms with Crippen LogP contribution in [-0.4, -0.2) is 54.6 Å². The van der Waals surface area contributed by atoms with Crippen molar-refractivity contribution in [3.63, 3.8) is 0 Å². The summed E-state index contributed by atoms with van der Waals surface area (Å²) in [5, 5.41) is 12.4. The van der Waals surface area contributed by atoms with E-state index in [4.69, 9.17) is 9.15 Å². The van der Waals surface area contributed by atoms with Gasteiger partial charge in [0, 0.05) is 18.3 Å². The van der Waals surface area contributed by atoms with Gasteiger partial charge in [0.05, 0.1) is 51.0 Å². The van der Waals surface area contributed by atoms with Gasteiger partial charge in [-0.05, 0) is 98.5 Å². The number of likely N-dealkylation sites (N-methyl/N-ethyl adjacent to an activating group) is 1. The Labute approximate surface area is 207 Å². The Morgan fingerprint density at radius 2 is 1.85 bits per heavy atom. The van der Waals surface area contributed by atoms with Crippen LogP contribution in [0.1, 0.15) is 96.0 Å². The third kappa shape index (κ3) is 3.49. The second-order valence-electron chi connectivity index (χ2n) is 13.8. The number of hydrogen-bond donors (Lipinski definition) is 1. The van der Waals surface area contributed by atoms with Gasteiger partial charge in [-0.1, -0.05) is 13.8 Å². The number of likely N-dealkylation sites (tertiary alicyclic amines) is 1. The minimum Gasteiger partial charge on any atom is -0.472 e. The van der Waals surface area contributed by atoms with Gasteiger partial charge >= 0.3 is 0 Å². The molecule has 34 heavy (non-hydrogen) atoms. The van der Waals surface area contributed by atoms with Gasteiger partial charge in [-0.15, -0.1) is 0 Å². The fourth-order valence-corrected chi connectivity index (χ4v) is 10.1. The average molecular weight is 471 g/mol. The molecule has 0 aromatic carbocycles. The lowest BCUT2D eigenvalue weighted by Crippen LogP contribution is -2.62. The highest BCUT2D eigenvalue weighted by Crippen LogP contribution is 2.70. The molecule has 0 bridgehead atoms. The molecule has 4 heteroatoms. The molecule has 1 saturated heterocycles. The van der Waals surface area contributed by atoms with Gasteiger partial charge in [0.15, 0.2) is 0 Å². The molecule has 1 N–H and O–H groups in total. The Kier molecular flexibility index (Phi) is 5.78. The normalized spacial score (nSPS) is 47.7. The van der Waals surface area contributed by atoms with Gasteiger partial charge in [-0.25, -0.2) is 0 Å². The van der Waals surface area contributed by atoms with E-state index in [2.05, 4.69) is 27.0 Å². The highest BCUT2D eigenvalue weighted by Gasteiger charge is 2.67. The molecule has 0 amide bonds. The molecule has 2 heterocycles. The van der Waals surface area contributed by atoms with Gasteiger partial charge < -0.3 is 18.7 Å². The number of ether oxygens (including phenoxy) is 1. The zero-order valence-electron chi connectivity index (χ0n) is 21.9. The van der Waals surface area contributed by atoms with Gasteiger partial charge in [0.2, 0.25) is 0 Å². The minimum atomic E-state index is -0.520. The van der Waals surface area contributed by atoms with Crippen molar-refractivity contribution in [3.05, 3.63) is 24.2 Å². The van der Waals surface area contributed by atoms with Crippen LogP contribution < -0.4 is 0 Å². The third-order valence-electron chi connectivity index (χ3n) is 12.4. The predicted octanol–water partition coefficient (Wildman–Crippen LogP) is 6.15. The highest BCUT2D eigenvalue weighted by molar-refractivity contribution is 5.26. The monoisotopic (exact) mass is 470 g/mol. The second-order valence-corrected chi connectivity index (χ2v) is 13.8. The van der Waals surface area contributed by atoms with Crippen LogP contribution >= 0.6 is 0 Å². The summed E-state index contributed by atoms with van der Waals surface area (Å²) in [4.78, 5) is 0. The number of fused-ring (bicyclic) bond motifs is 5. The molecule has 5 fully saturated rings. The number of rotatable bonds is 5. The standard InChI is InChI=1S/C30H48NO3/c1-28-12-8-24(34-19-17-31(3)15-4-5-16-31)20-23(28)6-7-27-26(28)9-13-29(2)25(10-14-30(27,29)32)22-11-18-33-21-22/h11,18,21,23-27,32H,4-10,12-17,19-20H2,1-3H3/q+1/t23?,24?,25?,26-,27-,28+,29-,30-/m1/s1. The van der Waals surface area contributed by atoms with Crippen molar-refractivity contribution < 1.29 is 18.7 Å². The van der Waals surface area contributed by atoms with E-state index in [1.54, 1.807) is 0 Å². The smallest absolute Gasteiger partial charge is 0.102 e. The largest absolute Gasteiger partial charge is 0.472 e. The number of hydrogen-bond acceptors (Lipinski definition) is 3. The maximum absolute atomic E-state index is 12.4. The van der Waals surface area contributed by atoms with Crippen LogP contribution in [0, 0.1) is 28.6 Å².